The third-order valence-electron chi connectivity index (χ3n) is 9.56. The number of carbonyl (C=O) groups is 4. The lowest BCUT2D eigenvalue weighted by molar-refractivity contribution is -0.140. The molecule has 9 heteroatoms. The number of anilines is 1. The fraction of sp³-hybridized carbons (Fsp3) is 0.636. The van der Waals surface area contributed by atoms with Gasteiger partial charge in [0.25, 0.3) is 0 Å². The highest BCUT2D eigenvalue weighted by Crippen LogP contribution is 2.51. The van der Waals surface area contributed by atoms with Crippen molar-refractivity contribution in [3.05, 3.63) is 29.8 Å². The maximum Gasteiger partial charge on any atom is 0.410 e. The zero-order chi connectivity index (χ0) is 31.2. The molecule has 228 valence electrons. The van der Waals surface area contributed by atoms with Crippen molar-refractivity contribution in [1.82, 2.24) is 9.80 Å². The van der Waals surface area contributed by atoms with Crippen molar-refractivity contribution in [1.29, 1.82) is 0 Å². The number of hydrogen-bond donors (Lipinski definition) is 1. The second-order valence-electron chi connectivity index (χ2n) is 14.0. The van der Waals surface area contributed by atoms with E-state index in [0.29, 0.717) is 41.7 Å². The lowest BCUT2D eigenvalue weighted by Crippen LogP contribution is -2.55. The van der Waals surface area contributed by atoms with E-state index in [4.69, 9.17) is 4.74 Å². The van der Waals surface area contributed by atoms with Gasteiger partial charge in [0.05, 0.1) is 6.04 Å². The van der Waals surface area contributed by atoms with Crippen LogP contribution in [0.4, 0.5) is 10.5 Å². The van der Waals surface area contributed by atoms with Crippen molar-refractivity contribution in [2.24, 2.45) is 0 Å². The summed E-state index contributed by atoms with van der Waals surface area (Å²) in [4.78, 5) is 57.3. The molecule has 0 aliphatic carbocycles. The molecule has 0 bridgehead atoms. The topological polar surface area (TPSA) is 96.0 Å². The summed E-state index contributed by atoms with van der Waals surface area (Å²) in [5.74, 6) is 2.94. The molecular weight excluding hydrogens is 546 g/mol. The number of fused-ring (bicyclic) bond motifs is 2. The van der Waals surface area contributed by atoms with E-state index in [0.717, 1.165) is 11.8 Å². The normalized spacial score (nSPS) is 25.6. The van der Waals surface area contributed by atoms with Crippen molar-refractivity contribution < 1.29 is 23.9 Å². The van der Waals surface area contributed by atoms with Gasteiger partial charge in [-0.2, -0.15) is 0 Å². The van der Waals surface area contributed by atoms with E-state index in [1.165, 1.54) is 9.80 Å². The Bertz CT molecular complexity index is 1280. The van der Waals surface area contributed by atoms with Gasteiger partial charge >= 0.3 is 6.09 Å². The molecule has 4 atom stereocenters. The van der Waals surface area contributed by atoms with Crippen molar-refractivity contribution >= 4 is 38.0 Å². The van der Waals surface area contributed by atoms with Crippen LogP contribution in [0.3, 0.4) is 0 Å². The Morgan fingerprint density at radius 2 is 1.71 bits per heavy atom. The second kappa shape index (κ2) is 11.5. The summed E-state index contributed by atoms with van der Waals surface area (Å²) in [5.41, 5.74) is 4.33. The van der Waals surface area contributed by atoms with Gasteiger partial charge in [-0.1, -0.05) is 65.7 Å². The van der Waals surface area contributed by atoms with Gasteiger partial charge in [-0.3, -0.25) is 14.5 Å². The SMILES string of the molecule is CC(C)[Si](C#C[C@@H]1N(C(=O)[C@@H]2CCCN2C(=O)OC(C)(C)C)[C@@H](C=O)C[C@@]12C(=O)Nc1ccccc12)(C(C)C)C(C)C. The third kappa shape index (κ3) is 5.16. The monoisotopic (exact) mass is 593 g/mol. The van der Waals surface area contributed by atoms with E-state index in [-0.39, 0.29) is 18.2 Å². The predicted octanol–water partition coefficient (Wildman–Crippen LogP) is 5.67. The van der Waals surface area contributed by atoms with Gasteiger partial charge in [-0.15, -0.1) is 5.54 Å². The first-order valence-electron chi connectivity index (χ1n) is 15.3. The average Bonchev–Trinajstić information content (AvgIpc) is 3.58. The Kier molecular flexibility index (Phi) is 8.72. The van der Waals surface area contributed by atoms with Crippen LogP contribution in [-0.4, -0.2) is 72.3 Å². The molecule has 3 aliphatic heterocycles. The van der Waals surface area contributed by atoms with E-state index >= 15 is 0 Å². The van der Waals surface area contributed by atoms with Crippen molar-refractivity contribution in [3.8, 4) is 11.5 Å². The summed E-state index contributed by atoms with van der Waals surface area (Å²) in [7, 11) is -2.27. The molecule has 0 saturated carbocycles. The van der Waals surface area contributed by atoms with Crippen molar-refractivity contribution in [2.45, 2.75) is 127 Å². The number of benzene rings is 1. The number of ether oxygens (including phenoxy) is 1. The molecule has 0 radical (unpaired) electrons. The van der Waals surface area contributed by atoms with E-state index < -0.39 is 43.3 Å². The van der Waals surface area contributed by atoms with E-state index in [1.54, 1.807) is 20.8 Å². The summed E-state index contributed by atoms with van der Waals surface area (Å²) in [6.45, 7) is 19.1. The van der Waals surface area contributed by atoms with Gasteiger partial charge in [0.2, 0.25) is 11.8 Å². The first kappa shape index (κ1) is 31.8. The highest BCUT2D eigenvalue weighted by molar-refractivity contribution is 6.90. The highest BCUT2D eigenvalue weighted by Gasteiger charge is 2.63. The van der Waals surface area contributed by atoms with Gasteiger partial charge in [-0.05, 0) is 68.3 Å². The lowest BCUT2D eigenvalue weighted by Gasteiger charge is -2.39. The molecule has 4 rings (SSSR count). The van der Waals surface area contributed by atoms with Gasteiger partial charge < -0.3 is 19.7 Å². The van der Waals surface area contributed by atoms with Crippen LogP contribution < -0.4 is 5.32 Å². The molecule has 1 N–H and O–H groups in total. The zero-order valence-corrected chi connectivity index (χ0v) is 27.6. The molecule has 2 saturated heterocycles. The molecule has 2 fully saturated rings. The number of rotatable bonds is 5. The van der Waals surface area contributed by atoms with E-state index in [1.807, 2.05) is 24.3 Å². The summed E-state index contributed by atoms with van der Waals surface area (Å²) in [5, 5.41) is 3.02. The van der Waals surface area contributed by atoms with Gasteiger partial charge in [0.1, 0.15) is 37.5 Å². The molecule has 3 heterocycles. The number of aldehydes is 1. The highest BCUT2D eigenvalue weighted by atomic mass is 28.3. The molecule has 1 aromatic carbocycles. The standard InChI is InChI=1S/C33H47N3O5Si/c1-21(2)42(22(3)4,23(5)6)18-16-28-33(25-13-10-11-14-26(25)34-30(33)39)19-24(20-37)36(28)29(38)27-15-12-17-35(27)31(40)41-32(7,8)9/h10-11,13-14,20-24,27-28H,12,15,17,19H2,1-9H3,(H,34,39)/t24-,27+,28+,33+/m1/s1. The largest absolute Gasteiger partial charge is 0.444 e. The van der Waals surface area contributed by atoms with Crippen LogP contribution in [0.2, 0.25) is 16.6 Å². The number of amides is 3. The van der Waals surface area contributed by atoms with Crippen LogP contribution in [0.25, 0.3) is 0 Å². The summed E-state index contributed by atoms with van der Waals surface area (Å²) >= 11 is 0. The van der Waals surface area contributed by atoms with Gasteiger partial charge in [-0.25, -0.2) is 4.79 Å². The minimum absolute atomic E-state index is 0.142. The number of nitrogens with zero attached hydrogens (tertiary/aromatic N) is 2. The van der Waals surface area contributed by atoms with E-state index in [9.17, 15) is 19.2 Å². The fourth-order valence-corrected chi connectivity index (χ4v) is 13.0. The van der Waals surface area contributed by atoms with E-state index in [2.05, 4.69) is 58.3 Å². The van der Waals surface area contributed by atoms with Gasteiger partial charge in [0.15, 0.2) is 0 Å². The Labute approximate surface area is 251 Å². The maximum absolute atomic E-state index is 14.5. The Morgan fingerprint density at radius 1 is 1.10 bits per heavy atom. The Morgan fingerprint density at radius 3 is 2.29 bits per heavy atom. The summed E-state index contributed by atoms with van der Waals surface area (Å²) in [6.07, 6.45) is 1.46. The van der Waals surface area contributed by atoms with Crippen LogP contribution in [0, 0.1) is 11.5 Å². The minimum atomic E-state index is -2.27. The zero-order valence-electron chi connectivity index (χ0n) is 26.6. The number of hydrogen-bond acceptors (Lipinski definition) is 5. The van der Waals surface area contributed by atoms with Crippen LogP contribution in [0.5, 0.6) is 0 Å². The minimum Gasteiger partial charge on any atom is -0.444 e. The third-order valence-corrected chi connectivity index (χ3v) is 15.9. The second-order valence-corrected chi connectivity index (χ2v) is 19.6. The molecule has 3 aliphatic rings. The Hall–Kier alpha value is -3.12. The molecule has 0 aromatic heterocycles. The number of para-hydroxylation sites is 1. The first-order chi connectivity index (χ1) is 19.6. The fourth-order valence-electron chi connectivity index (χ4n) is 7.74. The number of nitrogens with one attached hydrogen (secondary N) is 1. The maximum atomic E-state index is 14.5. The average molecular weight is 594 g/mol. The molecule has 3 amide bonds. The molecule has 8 nitrogen and oxygen atoms in total. The molecule has 0 unspecified atom stereocenters. The smallest absolute Gasteiger partial charge is 0.410 e. The van der Waals surface area contributed by atoms with Crippen LogP contribution in [-0.2, 0) is 24.5 Å². The molecule has 1 spiro atoms. The molecule has 42 heavy (non-hydrogen) atoms. The van der Waals surface area contributed by atoms with Crippen molar-refractivity contribution in [2.75, 3.05) is 11.9 Å². The lowest BCUT2D eigenvalue weighted by atomic mass is 9.74. The quantitative estimate of drug-likeness (QED) is 0.270. The van der Waals surface area contributed by atoms with Crippen LogP contribution >= 0.6 is 0 Å². The predicted molar refractivity (Wildman–Crippen MR) is 167 cm³/mol. The van der Waals surface area contributed by atoms with Crippen LogP contribution in [0.15, 0.2) is 24.3 Å². The molecular formula is C33H47N3O5Si. The first-order valence-corrected chi connectivity index (χ1v) is 17.6. The molecule has 1 aromatic rings. The van der Waals surface area contributed by atoms with Gasteiger partial charge in [0, 0.05) is 12.2 Å². The number of likely N-dealkylation sites (tertiary alicyclic amines) is 2. The Balaban J connectivity index is 1.88. The summed E-state index contributed by atoms with van der Waals surface area (Å²) < 4.78 is 5.63. The number of carbonyl (C=O) groups excluding carboxylic acids is 4. The summed E-state index contributed by atoms with van der Waals surface area (Å²) in [6, 6.07) is 4.99. The van der Waals surface area contributed by atoms with Crippen LogP contribution in [0.1, 0.15) is 87.1 Å². The van der Waals surface area contributed by atoms with Crippen molar-refractivity contribution in [3.63, 3.8) is 0 Å².